The topological polar surface area (TPSA) is 72.2 Å². The number of Topliss-reactive ketones (excluding diaryl/α,β-unsaturated/α-hetero) is 1. The van der Waals surface area contributed by atoms with Crippen molar-refractivity contribution >= 4 is 72.4 Å². The van der Waals surface area contributed by atoms with E-state index in [1.807, 2.05) is 6.92 Å². The highest BCUT2D eigenvalue weighted by Crippen LogP contribution is 2.29. The zero-order valence-electron chi connectivity index (χ0n) is 11.3. The van der Waals surface area contributed by atoms with Gasteiger partial charge in [-0.1, -0.05) is 62.0 Å². The molecule has 0 aliphatic carbocycles. The predicted octanol–water partition coefficient (Wildman–Crippen LogP) is 4.16. The van der Waals surface area contributed by atoms with Crippen molar-refractivity contribution in [3.8, 4) is 0 Å². The highest BCUT2D eigenvalue weighted by Gasteiger charge is 2.36. The van der Waals surface area contributed by atoms with E-state index in [2.05, 4.69) is 37.2 Å². The van der Waals surface area contributed by atoms with Crippen LogP contribution in [0.15, 0.2) is 12.1 Å². The standard InChI is InChI=1S/C13H14Br2Cl2N2O2/c1-3-13(2,10(20)11(14)15)19-12(21)6-4-7(16)9(18)8(17)5-6/h4-5,11H,3,18H2,1-2H3,(H,19,21). The number of amides is 1. The van der Waals surface area contributed by atoms with E-state index in [1.165, 1.54) is 12.1 Å². The van der Waals surface area contributed by atoms with E-state index >= 15 is 0 Å². The fourth-order valence-electron chi connectivity index (χ4n) is 1.60. The largest absolute Gasteiger partial charge is 0.396 e. The summed E-state index contributed by atoms with van der Waals surface area (Å²) in [5, 5.41) is 3.09. The van der Waals surface area contributed by atoms with E-state index in [0.29, 0.717) is 6.42 Å². The molecule has 21 heavy (non-hydrogen) atoms. The molecule has 1 atom stereocenters. The third-order valence-corrected chi connectivity index (χ3v) is 4.64. The summed E-state index contributed by atoms with van der Waals surface area (Å²) in [6.07, 6.45) is 0.432. The summed E-state index contributed by atoms with van der Waals surface area (Å²) in [4.78, 5) is 24.5. The van der Waals surface area contributed by atoms with Gasteiger partial charge in [0.1, 0.15) is 3.74 Å². The number of ketones is 1. The first kappa shape index (κ1) is 18.7. The second kappa shape index (κ2) is 7.31. The van der Waals surface area contributed by atoms with E-state index in [1.54, 1.807) is 6.92 Å². The first-order valence-corrected chi connectivity index (χ1v) is 8.60. The molecule has 0 aromatic heterocycles. The van der Waals surface area contributed by atoms with Gasteiger partial charge >= 0.3 is 0 Å². The molecule has 0 fully saturated rings. The maximum absolute atomic E-state index is 12.3. The van der Waals surface area contributed by atoms with Crippen molar-refractivity contribution in [2.75, 3.05) is 5.73 Å². The molecule has 3 N–H and O–H groups in total. The number of alkyl halides is 2. The van der Waals surface area contributed by atoms with Gasteiger partial charge in [-0.05, 0) is 25.5 Å². The molecule has 0 spiro atoms. The minimum atomic E-state index is -1.02. The monoisotopic (exact) mass is 458 g/mol. The van der Waals surface area contributed by atoms with Crippen molar-refractivity contribution in [3.63, 3.8) is 0 Å². The Labute approximate surface area is 150 Å². The van der Waals surface area contributed by atoms with Crippen molar-refractivity contribution in [2.24, 2.45) is 0 Å². The fraction of sp³-hybridized carbons (Fsp3) is 0.385. The van der Waals surface area contributed by atoms with Crippen molar-refractivity contribution in [2.45, 2.75) is 29.5 Å². The van der Waals surface area contributed by atoms with Crippen LogP contribution in [-0.2, 0) is 4.79 Å². The Kier molecular flexibility index (Phi) is 6.53. The molecule has 1 unspecified atom stereocenters. The molecular formula is C13H14Br2Cl2N2O2. The zero-order chi connectivity index (χ0) is 16.4. The number of carbonyl (C=O) groups is 2. The number of anilines is 1. The number of carbonyl (C=O) groups excluding carboxylic acids is 2. The van der Waals surface area contributed by atoms with Crippen molar-refractivity contribution in [1.82, 2.24) is 5.32 Å². The van der Waals surface area contributed by atoms with Gasteiger partial charge in [0.2, 0.25) is 0 Å². The summed E-state index contributed by atoms with van der Waals surface area (Å²) in [5.41, 5.74) is 5.07. The quantitative estimate of drug-likeness (QED) is 0.512. The molecule has 0 bridgehead atoms. The van der Waals surface area contributed by atoms with E-state index in [4.69, 9.17) is 28.9 Å². The lowest BCUT2D eigenvalue weighted by atomic mass is 9.93. The number of nitrogens with two attached hydrogens (primary N) is 1. The molecule has 4 nitrogen and oxygen atoms in total. The van der Waals surface area contributed by atoms with Gasteiger partial charge in [0.25, 0.3) is 5.91 Å². The SMILES string of the molecule is CCC(C)(NC(=O)c1cc(Cl)c(N)c(Cl)c1)C(=O)C(Br)Br. The molecule has 0 saturated carbocycles. The lowest BCUT2D eigenvalue weighted by Crippen LogP contribution is -2.53. The van der Waals surface area contributed by atoms with Gasteiger partial charge in [-0.3, -0.25) is 9.59 Å². The molecule has 0 heterocycles. The molecule has 116 valence electrons. The first-order chi connectivity index (χ1) is 9.62. The molecule has 1 rings (SSSR count). The van der Waals surface area contributed by atoms with Crippen molar-refractivity contribution in [3.05, 3.63) is 27.7 Å². The Bertz CT molecular complexity index is 558. The molecule has 0 aliphatic rings. The fourth-order valence-corrected chi connectivity index (χ4v) is 3.10. The number of hydrogen-bond acceptors (Lipinski definition) is 3. The number of halogens is 4. The molecule has 0 aliphatic heterocycles. The second-order valence-electron chi connectivity index (χ2n) is 4.66. The normalized spacial score (nSPS) is 13.9. The lowest BCUT2D eigenvalue weighted by Gasteiger charge is -2.29. The summed E-state index contributed by atoms with van der Waals surface area (Å²) >= 11 is 18.1. The van der Waals surface area contributed by atoms with Crippen LogP contribution in [0.25, 0.3) is 0 Å². The third-order valence-electron chi connectivity index (χ3n) is 3.18. The molecule has 1 amide bonds. The van der Waals surface area contributed by atoms with Crippen LogP contribution in [0.1, 0.15) is 30.6 Å². The van der Waals surface area contributed by atoms with Gasteiger partial charge in [0.15, 0.2) is 5.78 Å². The number of benzene rings is 1. The Morgan fingerprint density at radius 2 is 1.81 bits per heavy atom. The number of nitrogen functional groups attached to an aromatic ring is 1. The summed E-state index contributed by atoms with van der Waals surface area (Å²) in [6.45, 7) is 3.47. The molecule has 8 heteroatoms. The summed E-state index contributed by atoms with van der Waals surface area (Å²) < 4.78 is -0.547. The molecular weight excluding hydrogens is 447 g/mol. The van der Waals surface area contributed by atoms with Gasteiger partial charge in [-0.2, -0.15) is 0 Å². The van der Waals surface area contributed by atoms with Crippen molar-refractivity contribution in [1.29, 1.82) is 0 Å². The van der Waals surface area contributed by atoms with E-state index in [0.717, 1.165) is 0 Å². The third kappa shape index (κ3) is 4.34. The average molecular weight is 461 g/mol. The number of nitrogens with one attached hydrogen (secondary N) is 1. The molecule has 1 aromatic carbocycles. The maximum atomic E-state index is 12.3. The summed E-state index contributed by atoms with van der Waals surface area (Å²) in [5.74, 6) is -0.636. The highest BCUT2D eigenvalue weighted by atomic mass is 79.9. The van der Waals surface area contributed by atoms with Gasteiger partial charge in [0, 0.05) is 5.56 Å². The Morgan fingerprint density at radius 1 is 1.33 bits per heavy atom. The minimum Gasteiger partial charge on any atom is -0.396 e. The van der Waals surface area contributed by atoms with Crippen LogP contribution in [0, 0.1) is 0 Å². The van der Waals surface area contributed by atoms with Gasteiger partial charge in [0.05, 0.1) is 21.3 Å². The van der Waals surface area contributed by atoms with Crippen LogP contribution in [0.5, 0.6) is 0 Å². The van der Waals surface area contributed by atoms with E-state index < -0.39 is 15.2 Å². The Balaban J connectivity index is 3.07. The van der Waals surface area contributed by atoms with E-state index in [-0.39, 0.29) is 27.1 Å². The zero-order valence-corrected chi connectivity index (χ0v) is 16.0. The minimum absolute atomic E-state index is 0.189. The average Bonchev–Trinajstić information content (AvgIpc) is 2.42. The smallest absolute Gasteiger partial charge is 0.252 e. The van der Waals surface area contributed by atoms with Crippen LogP contribution < -0.4 is 11.1 Å². The number of hydrogen-bond donors (Lipinski definition) is 2. The molecule has 1 aromatic rings. The highest BCUT2D eigenvalue weighted by molar-refractivity contribution is 9.25. The summed E-state index contributed by atoms with van der Waals surface area (Å²) in [7, 11) is 0. The van der Waals surface area contributed by atoms with E-state index in [9.17, 15) is 9.59 Å². The van der Waals surface area contributed by atoms with Crippen LogP contribution >= 0.6 is 55.1 Å². The van der Waals surface area contributed by atoms with Crippen LogP contribution in [0.2, 0.25) is 10.0 Å². The first-order valence-electron chi connectivity index (χ1n) is 6.02. The van der Waals surface area contributed by atoms with Crippen LogP contribution in [0.3, 0.4) is 0 Å². The lowest BCUT2D eigenvalue weighted by molar-refractivity contribution is -0.122. The number of rotatable bonds is 5. The van der Waals surface area contributed by atoms with Gasteiger partial charge < -0.3 is 11.1 Å². The Morgan fingerprint density at radius 3 is 2.19 bits per heavy atom. The van der Waals surface area contributed by atoms with Gasteiger partial charge in [-0.15, -0.1) is 0 Å². The maximum Gasteiger partial charge on any atom is 0.252 e. The van der Waals surface area contributed by atoms with Crippen LogP contribution in [-0.4, -0.2) is 21.0 Å². The predicted molar refractivity (Wildman–Crippen MR) is 93.7 cm³/mol. The van der Waals surface area contributed by atoms with Gasteiger partial charge in [-0.25, -0.2) is 0 Å². The Hall–Kier alpha value is -0.300. The molecule has 0 saturated heterocycles. The van der Waals surface area contributed by atoms with Crippen LogP contribution in [0.4, 0.5) is 5.69 Å². The van der Waals surface area contributed by atoms with Crippen molar-refractivity contribution < 1.29 is 9.59 Å². The summed E-state index contributed by atoms with van der Waals surface area (Å²) in [6, 6.07) is 2.83. The second-order valence-corrected chi connectivity index (χ2v) is 8.53. The molecule has 0 radical (unpaired) electrons.